The molecule has 180 valence electrons. The zero-order valence-electron chi connectivity index (χ0n) is 19.8. The molecular formula is C25H35IN4O3. The smallest absolute Gasteiger partial charge is 0.194 e. The van der Waals surface area contributed by atoms with E-state index < -0.39 is 0 Å². The van der Waals surface area contributed by atoms with Crippen molar-refractivity contribution >= 4 is 29.9 Å². The van der Waals surface area contributed by atoms with E-state index in [9.17, 15) is 0 Å². The van der Waals surface area contributed by atoms with Crippen LogP contribution in [-0.2, 0) is 30.8 Å². The third-order valence-corrected chi connectivity index (χ3v) is 6.21. The van der Waals surface area contributed by atoms with Crippen LogP contribution < -0.4 is 14.8 Å². The Hall–Kier alpha value is -2.04. The highest BCUT2D eigenvalue weighted by Crippen LogP contribution is 2.33. The lowest BCUT2D eigenvalue weighted by Gasteiger charge is -2.32. The van der Waals surface area contributed by atoms with Crippen molar-refractivity contribution in [2.45, 2.75) is 26.1 Å². The average molecular weight is 566 g/mol. The van der Waals surface area contributed by atoms with Crippen molar-refractivity contribution < 1.29 is 14.2 Å². The van der Waals surface area contributed by atoms with Gasteiger partial charge in [-0.3, -0.25) is 9.89 Å². The van der Waals surface area contributed by atoms with E-state index in [1.54, 1.807) is 14.2 Å². The van der Waals surface area contributed by atoms with Crippen LogP contribution in [0.3, 0.4) is 0 Å². The maximum Gasteiger partial charge on any atom is 0.194 e. The molecule has 0 unspecified atom stereocenters. The molecule has 2 aromatic rings. The van der Waals surface area contributed by atoms with Gasteiger partial charge in [0.15, 0.2) is 17.5 Å². The summed E-state index contributed by atoms with van der Waals surface area (Å²) in [5, 5.41) is 3.53. The van der Waals surface area contributed by atoms with Crippen LogP contribution >= 0.6 is 24.0 Å². The van der Waals surface area contributed by atoms with Crippen molar-refractivity contribution in [3.63, 3.8) is 0 Å². The van der Waals surface area contributed by atoms with E-state index in [1.807, 2.05) is 7.05 Å². The van der Waals surface area contributed by atoms with E-state index in [4.69, 9.17) is 14.2 Å². The van der Waals surface area contributed by atoms with Gasteiger partial charge in [-0.25, -0.2) is 0 Å². The molecule has 0 atom stereocenters. The van der Waals surface area contributed by atoms with E-state index in [0.717, 1.165) is 76.4 Å². The molecule has 1 fully saturated rings. The highest BCUT2D eigenvalue weighted by atomic mass is 127. The maximum atomic E-state index is 5.49. The lowest BCUT2D eigenvalue weighted by atomic mass is 9.99. The van der Waals surface area contributed by atoms with E-state index in [2.05, 4.69) is 56.5 Å². The SMILES string of the molecule is CN=C(NCc1ccc(CN2CCOCC2)cc1)N1CCc2cc(OC)c(OC)cc2C1.I. The highest BCUT2D eigenvalue weighted by Gasteiger charge is 2.21. The molecule has 2 heterocycles. The van der Waals surface area contributed by atoms with Gasteiger partial charge in [0, 0.05) is 46.3 Å². The van der Waals surface area contributed by atoms with Crippen molar-refractivity contribution in [3.8, 4) is 11.5 Å². The van der Waals surface area contributed by atoms with E-state index in [-0.39, 0.29) is 24.0 Å². The molecule has 1 saturated heterocycles. The lowest BCUT2D eigenvalue weighted by Crippen LogP contribution is -2.43. The van der Waals surface area contributed by atoms with Crippen LogP contribution in [-0.4, -0.2) is 69.9 Å². The van der Waals surface area contributed by atoms with Crippen molar-refractivity contribution in [2.75, 3.05) is 54.1 Å². The number of guanidine groups is 1. The van der Waals surface area contributed by atoms with Crippen LogP contribution in [0.5, 0.6) is 11.5 Å². The fraction of sp³-hybridized carbons (Fsp3) is 0.480. The van der Waals surface area contributed by atoms with Gasteiger partial charge in [0.05, 0.1) is 27.4 Å². The molecule has 1 N–H and O–H groups in total. The van der Waals surface area contributed by atoms with Crippen molar-refractivity contribution in [1.82, 2.24) is 15.1 Å². The number of nitrogens with one attached hydrogen (secondary N) is 1. The first kappa shape index (κ1) is 25.6. The number of rotatable bonds is 6. The zero-order valence-corrected chi connectivity index (χ0v) is 22.1. The molecule has 7 nitrogen and oxygen atoms in total. The Morgan fingerprint density at radius 2 is 1.61 bits per heavy atom. The molecule has 2 aromatic carbocycles. The van der Waals surface area contributed by atoms with Crippen molar-refractivity contribution in [2.24, 2.45) is 4.99 Å². The van der Waals surface area contributed by atoms with Crippen LogP contribution in [0.25, 0.3) is 0 Å². The summed E-state index contributed by atoms with van der Waals surface area (Å²) in [7, 11) is 5.20. The highest BCUT2D eigenvalue weighted by molar-refractivity contribution is 14.0. The normalized spacial score (nSPS) is 16.6. The molecule has 0 bridgehead atoms. The third-order valence-electron chi connectivity index (χ3n) is 6.21. The van der Waals surface area contributed by atoms with Gasteiger partial charge in [-0.05, 0) is 40.8 Å². The summed E-state index contributed by atoms with van der Waals surface area (Å²) in [6, 6.07) is 13.1. The van der Waals surface area contributed by atoms with Gasteiger partial charge in [-0.1, -0.05) is 24.3 Å². The Morgan fingerprint density at radius 3 is 2.24 bits per heavy atom. The molecule has 2 aliphatic heterocycles. The number of hydrogen-bond acceptors (Lipinski definition) is 5. The van der Waals surface area contributed by atoms with Crippen LogP contribution in [0, 0.1) is 0 Å². The first-order valence-corrected chi connectivity index (χ1v) is 11.3. The van der Waals surface area contributed by atoms with Gasteiger partial charge >= 0.3 is 0 Å². The van der Waals surface area contributed by atoms with Gasteiger partial charge < -0.3 is 24.4 Å². The van der Waals surface area contributed by atoms with E-state index in [0.29, 0.717) is 0 Å². The Kier molecular flexibility index (Phi) is 9.64. The van der Waals surface area contributed by atoms with Crippen molar-refractivity contribution in [3.05, 3.63) is 58.7 Å². The fourth-order valence-electron chi connectivity index (χ4n) is 4.36. The molecule has 0 radical (unpaired) electrons. The first-order chi connectivity index (χ1) is 15.7. The molecule has 2 aliphatic rings. The molecule has 0 saturated carbocycles. The second-order valence-electron chi connectivity index (χ2n) is 8.25. The Bertz CT molecular complexity index is 930. The average Bonchev–Trinajstić information content (AvgIpc) is 2.85. The summed E-state index contributed by atoms with van der Waals surface area (Å²) in [4.78, 5) is 9.26. The number of halogens is 1. The number of ether oxygens (including phenoxy) is 3. The molecule has 0 aliphatic carbocycles. The van der Waals surface area contributed by atoms with Crippen LogP contribution in [0.15, 0.2) is 41.4 Å². The predicted octanol–water partition coefficient (Wildman–Crippen LogP) is 3.29. The number of aliphatic imine (C=N–C) groups is 1. The summed E-state index contributed by atoms with van der Waals surface area (Å²) in [6.07, 6.45) is 0.951. The summed E-state index contributed by atoms with van der Waals surface area (Å²) in [6.45, 7) is 7.15. The molecule has 8 heteroatoms. The van der Waals surface area contributed by atoms with Gasteiger partial charge in [-0.2, -0.15) is 0 Å². The standard InChI is InChI=1S/C25H34N4O3.HI/c1-26-25(29-9-8-21-14-23(30-2)24(31-3)15-22(21)18-29)27-16-19-4-6-20(7-5-19)17-28-10-12-32-13-11-28;/h4-7,14-15H,8-13,16-18H2,1-3H3,(H,26,27);1H. The quantitative estimate of drug-likeness (QED) is 0.329. The number of benzene rings is 2. The lowest BCUT2D eigenvalue weighted by molar-refractivity contribution is 0.0342. The number of fused-ring (bicyclic) bond motifs is 1. The largest absolute Gasteiger partial charge is 0.493 e. The van der Waals surface area contributed by atoms with Gasteiger partial charge in [0.2, 0.25) is 0 Å². The Balaban J connectivity index is 0.00000306. The minimum atomic E-state index is 0. The molecule has 4 rings (SSSR count). The monoisotopic (exact) mass is 566 g/mol. The van der Waals surface area contributed by atoms with Crippen molar-refractivity contribution in [1.29, 1.82) is 0 Å². The summed E-state index contributed by atoms with van der Waals surface area (Å²) >= 11 is 0. The molecule has 0 aromatic heterocycles. The number of methoxy groups -OCH3 is 2. The second-order valence-corrected chi connectivity index (χ2v) is 8.25. The number of hydrogen-bond donors (Lipinski definition) is 1. The minimum absolute atomic E-state index is 0. The van der Waals surface area contributed by atoms with Gasteiger partial charge in [0.25, 0.3) is 0 Å². The molecule has 33 heavy (non-hydrogen) atoms. The Labute approximate surface area is 214 Å². The molecule has 0 spiro atoms. The summed E-state index contributed by atoms with van der Waals surface area (Å²) in [5.41, 5.74) is 5.16. The summed E-state index contributed by atoms with van der Waals surface area (Å²) < 4.78 is 16.4. The third kappa shape index (κ3) is 6.51. The fourth-order valence-corrected chi connectivity index (χ4v) is 4.36. The maximum absolute atomic E-state index is 5.49. The van der Waals surface area contributed by atoms with Crippen LogP contribution in [0.1, 0.15) is 22.3 Å². The topological polar surface area (TPSA) is 58.6 Å². The number of morpholine rings is 1. The minimum Gasteiger partial charge on any atom is -0.493 e. The molecular weight excluding hydrogens is 531 g/mol. The van der Waals surface area contributed by atoms with Gasteiger partial charge in [0.1, 0.15) is 0 Å². The number of nitrogens with zero attached hydrogens (tertiary/aromatic N) is 3. The Morgan fingerprint density at radius 1 is 0.970 bits per heavy atom. The van der Waals surface area contributed by atoms with Crippen LogP contribution in [0.2, 0.25) is 0 Å². The summed E-state index contributed by atoms with van der Waals surface area (Å²) in [5.74, 6) is 2.48. The van der Waals surface area contributed by atoms with Gasteiger partial charge in [-0.15, -0.1) is 24.0 Å². The second kappa shape index (κ2) is 12.4. The first-order valence-electron chi connectivity index (χ1n) is 11.3. The zero-order chi connectivity index (χ0) is 22.3. The predicted molar refractivity (Wildman–Crippen MR) is 142 cm³/mol. The van der Waals surface area contributed by atoms with E-state index in [1.165, 1.54) is 22.3 Å². The van der Waals surface area contributed by atoms with Crippen LogP contribution in [0.4, 0.5) is 0 Å². The van der Waals surface area contributed by atoms with E-state index >= 15 is 0 Å². The molecule has 0 amide bonds.